The maximum Gasteiger partial charge on any atom is 0.307 e. The van der Waals surface area contributed by atoms with E-state index in [4.69, 9.17) is 23.6 Å². The van der Waals surface area contributed by atoms with E-state index in [0.717, 1.165) is 25.6 Å². The van der Waals surface area contributed by atoms with Gasteiger partial charge in [0.2, 0.25) is 10.9 Å². The van der Waals surface area contributed by atoms with Crippen LogP contribution in [0.5, 0.6) is 11.5 Å². The Balaban J connectivity index is 1.32. The molecule has 1 amide bonds. The number of amides is 1. The maximum absolute atomic E-state index is 14.8. The average Bonchev–Trinajstić information content (AvgIpc) is 4.07. The molecule has 8 rings (SSSR count). The first-order valence-electron chi connectivity index (χ1n) is 22.5. The van der Waals surface area contributed by atoms with Crippen LogP contribution in [0, 0.1) is 36.5 Å². The predicted molar refractivity (Wildman–Crippen MR) is 247 cm³/mol. The van der Waals surface area contributed by atoms with E-state index < -0.39 is 82.1 Å². The van der Waals surface area contributed by atoms with E-state index in [2.05, 4.69) is 15.1 Å². The molecule has 4 heterocycles. The van der Waals surface area contributed by atoms with Gasteiger partial charge in [0.25, 0.3) is 5.91 Å². The summed E-state index contributed by atoms with van der Waals surface area (Å²) < 4.78 is 24.6. The number of carbonyl (C=O) groups is 1. The van der Waals surface area contributed by atoms with Crippen molar-refractivity contribution in [2.24, 2.45) is 29.6 Å². The first kappa shape index (κ1) is 46.0. The predicted octanol–water partition coefficient (Wildman–Crippen LogP) is 4.52. The Morgan fingerprint density at radius 1 is 0.892 bits per heavy atom. The molecule has 1 aromatic heterocycles. The Labute approximate surface area is 376 Å². The number of hydrogen-bond acceptors (Lipinski definition) is 15. The van der Waals surface area contributed by atoms with Gasteiger partial charge >= 0.3 is 5.79 Å². The van der Waals surface area contributed by atoms with Crippen molar-refractivity contribution in [2.45, 2.75) is 91.5 Å². The molecule has 348 valence electrons. The molecule has 2 fully saturated rings. The highest BCUT2D eigenvalue weighted by molar-refractivity contribution is 6.16. The zero-order valence-corrected chi connectivity index (χ0v) is 38.1. The standard InChI is InChI=1S/C49H60N4O12/c1-23-10-9-11-24(2)48(61)51-39-44(59)35-34(38-46(39)64-33-21-30(20-31(54)37(33)50-38)53-17-15-52(16-18-53)22-29-12-13-29)36-45(28(6)43(35)58)65-49(7,47(36)60)63-19-14-32(62-8)25(3)41(56)27(5)42(57)26(4)40(23)55/h9-11,14,19-21,23,25-27,29,32,40-42,55-58,60H,12-13,15-18,22H2,1-8H3,(H,51,61)/b10-9+,19-14+,24-11-/t23-,25-,26+,27+,32-,40-,41+,42+,49-/m0/s1. The van der Waals surface area contributed by atoms with Crippen molar-refractivity contribution in [3.8, 4) is 11.5 Å². The fourth-order valence-corrected chi connectivity index (χ4v) is 9.52. The molecule has 0 spiro atoms. The minimum absolute atomic E-state index is 0.0298. The number of hydrogen-bond donors (Lipinski definition) is 6. The normalized spacial score (nSPS) is 31.5. The van der Waals surface area contributed by atoms with Gasteiger partial charge in [-0.2, -0.15) is 0 Å². The third-order valence-electron chi connectivity index (χ3n) is 14.1. The van der Waals surface area contributed by atoms with Crippen LogP contribution in [0.15, 0.2) is 62.3 Å². The van der Waals surface area contributed by atoms with Gasteiger partial charge in [-0.3, -0.25) is 19.3 Å². The number of carbonyl (C=O) groups excluding carboxylic acids is 1. The van der Waals surface area contributed by atoms with Gasteiger partial charge in [-0.25, -0.2) is 4.98 Å². The summed E-state index contributed by atoms with van der Waals surface area (Å²) in [5.74, 6) is -5.40. The number of fused-ring (bicyclic) bond motifs is 2. The lowest BCUT2D eigenvalue weighted by Crippen LogP contribution is -2.47. The van der Waals surface area contributed by atoms with Gasteiger partial charge in [-0.1, -0.05) is 45.9 Å². The number of aliphatic hydroxyl groups is 4. The highest BCUT2D eigenvalue weighted by Crippen LogP contribution is 2.42. The van der Waals surface area contributed by atoms with Crippen molar-refractivity contribution in [3.63, 3.8) is 0 Å². The van der Waals surface area contributed by atoms with Crippen molar-refractivity contribution >= 4 is 56.0 Å². The molecule has 1 saturated heterocycles. The second-order valence-corrected chi connectivity index (χ2v) is 18.7. The van der Waals surface area contributed by atoms with E-state index >= 15 is 0 Å². The number of phenols is 1. The van der Waals surface area contributed by atoms with Gasteiger partial charge in [0.15, 0.2) is 22.4 Å². The highest BCUT2D eigenvalue weighted by Gasteiger charge is 2.44. The zero-order valence-electron chi connectivity index (χ0n) is 38.1. The summed E-state index contributed by atoms with van der Waals surface area (Å²) in [5, 5.41) is 60.3. The third-order valence-corrected chi connectivity index (χ3v) is 14.1. The van der Waals surface area contributed by atoms with Crippen LogP contribution in [-0.4, -0.2) is 111 Å². The smallest absolute Gasteiger partial charge is 0.307 e. The van der Waals surface area contributed by atoms with Crippen molar-refractivity contribution < 1.29 is 49.0 Å². The lowest BCUT2D eigenvalue weighted by atomic mass is 9.78. The Kier molecular flexibility index (Phi) is 12.5. The van der Waals surface area contributed by atoms with Gasteiger partial charge in [0.05, 0.1) is 41.3 Å². The second-order valence-electron chi connectivity index (χ2n) is 18.7. The van der Waals surface area contributed by atoms with Crippen LogP contribution in [0.1, 0.15) is 59.9 Å². The van der Waals surface area contributed by atoms with Crippen LogP contribution in [-0.2, 0) is 14.3 Å². The number of ether oxygens (including phenoxy) is 3. The monoisotopic (exact) mass is 896 g/mol. The Morgan fingerprint density at radius 2 is 1.57 bits per heavy atom. The number of nitrogens with zero attached hydrogens (tertiary/aromatic N) is 3. The average molecular weight is 897 g/mol. The van der Waals surface area contributed by atoms with Crippen LogP contribution < -0.4 is 31.0 Å². The molecule has 9 atom stereocenters. The van der Waals surface area contributed by atoms with E-state index in [1.165, 1.54) is 65.2 Å². The molecular formula is C49H60N4O12. The number of aliphatic hydroxyl groups excluding tert-OH is 4. The number of phenolic OH excluding ortho intramolecular Hbond substituents is 1. The van der Waals surface area contributed by atoms with E-state index in [9.17, 15) is 39.9 Å². The molecule has 1 aliphatic carbocycles. The van der Waals surface area contributed by atoms with Crippen molar-refractivity contribution in [2.75, 3.05) is 50.1 Å². The molecule has 1 saturated carbocycles. The highest BCUT2D eigenvalue weighted by atomic mass is 16.7. The Morgan fingerprint density at radius 3 is 2.25 bits per heavy atom. The van der Waals surface area contributed by atoms with E-state index in [0.29, 0.717) is 18.8 Å². The Bertz CT molecular complexity index is 2810. The summed E-state index contributed by atoms with van der Waals surface area (Å²) in [7, 11) is 1.45. The summed E-state index contributed by atoms with van der Waals surface area (Å²) >= 11 is 0. The Hall–Kier alpha value is -5.52. The number of rotatable bonds is 4. The summed E-state index contributed by atoms with van der Waals surface area (Å²) in [6, 6.07) is 3.19. The lowest BCUT2D eigenvalue weighted by molar-refractivity contribution is -0.112. The molecule has 16 nitrogen and oxygen atoms in total. The molecular weight excluding hydrogens is 837 g/mol. The number of anilines is 2. The zero-order chi connectivity index (χ0) is 46.8. The minimum Gasteiger partial charge on any atom is -0.507 e. The first-order chi connectivity index (χ1) is 30.8. The van der Waals surface area contributed by atoms with Gasteiger partial charge in [-0.05, 0) is 38.7 Å². The maximum atomic E-state index is 14.8. The van der Waals surface area contributed by atoms with Crippen molar-refractivity contribution in [1.82, 2.24) is 9.88 Å². The van der Waals surface area contributed by atoms with E-state index in [-0.39, 0.29) is 60.8 Å². The molecule has 4 aromatic rings. The van der Waals surface area contributed by atoms with Crippen LogP contribution in [0.25, 0.3) is 38.7 Å². The molecule has 3 aromatic carbocycles. The molecule has 3 aliphatic heterocycles. The van der Waals surface area contributed by atoms with Crippen LogP contribution in [0.4, 0.5) is 11.4 Å². The lowest BCUT2D eigenvalue weighted by Gasteiger charge is -2.36. The third kappa shape index (κ3) is 8.35. The van der Waals surface area contributed by atoms with Crippen LogP contribution in [0.2, 0.25) is 0 Å². The molecule has 4 aliphatic rings. The number of piperazine rings is 1. The first-order valence-corrected chi connectivity index (χ1v) is 22.5. The largest absolute Gasteiger partial charge is 0.507 e. The fraction of sp³-hybridized carbons (Fsp3) is 0.510. The van der Waals surface area contributed by atoms with Gasteiger partial charge in [0, 0.05) is 105 Å². The summed E-state index contributed by atoms with van der Waals surface area (Å²) in [4.78, 5) is 52.2. The summed E-state index contributed by atoms with van der Waals surface area (Å²) in [6.07, 6.45) is 6.04. The van der Waals surface area contributed by atoms with Crippen molar-refractivity contribution in [1.29, 1.82) is 0 Å². The molecule has 6 N–H and O–H groups in total. The number of benzene rings is 3. The van der Waals surface area contributed by atoms with E-state index in [1.807, 2.05) is 0 Å². The van der Waals surface area contributed by atoms with E-state index in [1.54, 1.807) is 45.9 Å². The second kappa shape index (κ2) is 17.7. The summed E-state index contributed by atoms with van der Waals surface area (Å²) in [5.41, 5.74) is -1.17. The summed E-state index contributed by atoms with van der Waals surface area (Å²) in [6.45, 7) is 15.5. The number of methoxy groups -OCH3 is 1. The number of aromatic nitrogens is 1. The molecule has 16 heteroatoms. The molecule has 4 bridgehead atoms. The SMILES string of the molecule is CO[C@H]1/C=C/O[C@@]2(C)Oc3c(C)c(O)c4c(=O)c(c5oc6cc(N7CCN(CC8CC8)CC7)cc(=O)c6nc5c4c3=C2O)NC(=O)/C(C)=C\C=C\[C@H](C)[C@H](O)[C@@H](C)[C@@H](O)[C@H](C)[C@H](O)[C@H]1C. The number of aromatic hydroxyl groups is 1. The molecule has 0 radical (unpaired) electrons. The molecule has 0 unspecified atom stereocenters. The topological polar surface area (TPSA) is 225 Å². The van der Waals surface area contributed by atoms with Gasteiger partial charge < -0.3 is 54.4 Å². The van der Waals surface area contributed by atoms with Crippen LogP contribution >= 0.6 is 0 Å². The molecule has 65 heavy (non-hydrogen) atoms. The van der Waals surface area contributed by atoms with Crippen molar-refractivity contribution in [3.05, 3.63) is 79.5 Å². The van der Waals surface area contributed by atoms with Gasteiger partial charge in [-0.15, -0.1) is 0 Å². The van der Waals surface area contributed by atoms with Crippen LogP contribution in [0.3, 0.4) is 0 Å². The fourth-order valence-electron chi connectivity index (χ4n) is 9.52. The van der Waals surface area contributed by atoms with Gasteiger partial charge in [0.1, 0.15) is 22.7 Å². The number of allylic oxidation sites excluding steroid dienone is 2. The quantitative estimate of drug-likeness (QED) is 0.122. The number of nitrogens with one attached hydrogen (secondary N) is 1. The minimum atomic E-state index is -1.95.